The van der Waals surface area contributed by atoms with Crippen LogP contribution in [0.25, 0.3) is 6.08 Å². The third-order valence-electron chi connectivity index (χ3n) is 5.33. The number of aromatic nitrogens is 1. The van der Waals surface area contributed by atoms with Gasteiger partial charge >= 0.3 is 6.09 Å². The van der Waals surface area contributed by atoms with Crippen molar-refractivity contribution in [2.75, 3.05) is 19.0 Å². The quantitative estimate of drug-likeness (QED) is 0.532. The number of methoxy groups -OCH3 is 1. The van der Waals surface area contributed by atoms with Gasteiger partial charge in [0.05, 0.1) is 19.2 Å². The molecule has 0 aliphatic carbocycles. The summed E-state index contributed by atoms with van der Waals surface area (Å²) in [6, 6.07) is 13.1. The van der Waals surface area contributed by atoms with Gasteiger partial charge in [-0.25, -0.2) is 4.79 Å². The highest BCUT2D eigenvalue weighted by molar-refractivity contribution is 7.16. The highest BCUT2D eigenvalue weighted by Crippen LogP contribution is 2.37. The molecule has 1 N–H and O–H groups in total. The van der Waals surface area contributed by atoms with E-state index in [0.29, 0.717) is 35.8 Å². The summed E-state index contributed by atoms with van der Waals surface area (Å²) in [6.07, 6.45) is 6.46. The van der Waals surface area contributed by atoms with Crippen LogP contribution in [0.15, 0.2) is 54.9 Å². The highest BCUT2D eigenvalue weighted by atomic mass is 32.1. The van der Waals surface area contributed by atoms with E-state index in [1.807, 2.05) is 24.3 Å². The Morgan fingerprint density at radius 3 is 2.82 bits per heavy atom. The summed E-state index contributed by atoms with van der Waals surface area (Å²) in [5.41, 5.74) is 2.95. The van der Waals surface area contributed by atoms with Gasteiger partial charge in [0.25, 0.3) is 0 Å². The average molecular weight is 475 g/mol. The smallest absolute Gasteiger partial charge is 0.410 e. The number of carbonyl (C=O) groups excluding carboxylic acids is 2. The van der Waals surface area contributed by atoms with Crippen LogP contribution in [0.5, 0.6) is 5.75 Å². The van der Waals surface area contributed by atoms with Crippen molar-refractivity contribution < 1.29 is 19.1 Å². The lowest BCUT2D eigenvalue weighted by atomic mass is 10.0. The number of thiophene rings is 1. The van der Waals surface area contributed by atoms with Crippen LogP contribution < -0.4 is 10.1 Å². The van der Waals surface area contributed by atoms with Crippen molar-refractivity contribution in [1.82, 2.24) is 9.88 Å². The van der Waals surface area contributed by atoms with E-state index in [0.717, 1.165) is 21.6 Å². The van der Waals surface area contributed by atoms with Crippen molar-refractivity contribution >= 4 is 34.4 Å². The van der Waals surface area contributed by atoms with Crippen LogP contribution >= 0.6 is 11.3 Å². The first-order chi connectivity index (χ1) is 16.6. The van der Waals surface area contributed by atoms with E-state index in [2.05, 4.69) is 16.4 Å². The monoisotopic (exact) mass is 474 g/mol. The molecule has 0 saturated carbocycles. The number of para-hydroxylation sites is 1. The van der Waals surface area contributed by atoms with Gasteiger partial charge < -0.3 is 19.7 Å². The Bertz CT molecular complexity index is 1260. The van der Waals surface area contributed by atoms with E-state index in [4.69, 9.17) is 9.47 Å². The Morgan fingerprint density at radius 1 is 1.26 bits per heavy atom. The maximum atomic E-state index is 12.5. The largest absolute Gasteiger partial charge is 0.496 e. The lowest BCUT2D eigenvalue weighted by Gasteiger charge is -2.26. The number of anilines is 1. The first-order valence-electron chi connectivity index (χ1n) is 10.6. The van der Waals surface area contributed by atoms with Gasteiger partial charge in [0.2, 0.25) is 5.91 Å². The van der Waals surface area contributed by atoms with E-state index in [-0.39, 0.29) is 12.5 Å². The van der Waals surface area contributed by atoms with Gasteiger partial charge in [-0.15, -0.1) is 11.3 Å². The molecule has 2 aromatic heterocycles. The van der Waals surface area contributed by atoms with Crippen molar-refractivity contribution in [1.29, 1.82) is 5.26 Å². The number of ether oxygens (including phenoxy) is 2. The molecule has 8 nitrogen and oxygen atoms in total. The van der Waals surface area contributed by atoms with Gasteiger partial charge in [0.15, 0.2) is 0 Å². The molecule has 3 heterocycles. The predicted molar refractivity (Wildman–Crippen MR) is 128 cm³/mol. The van der Waals surface area contributed by atoms with E-state index >= 15 is 0 Å². The van der Waals surface area contributed by atoms with Gasteiger partial charge in [-0.3, -0.25) is 9.78 Å². The van der Waals surface area contributed by atoms with Crippen molar-refractivity contribution in [3.8, 4) is 11.8 Å². The fraction of sp³-hybridized carbons (Fsp3) is 0.200. The summed E-state index contributed by atoms with van der Waals surface area (Å²) in [5.74, 6) is 0.307. The molecule has 2 amide bonds. The second kappa shape index (κ2) is 10.6. The fourth-order valence-electron chi connectivity index (χ4n) is 3.60. The predicted octanol–water partition coefficient (Wildman–Crippen LogP) is 4.37. The number of nitrogens with one attached hydrogen (secondary N) is 1. The number of carbonyl (C=O) groups is 2. The Balaban J connectivity index is 1.42. The van der Waals surface area contributed by atoms with Crippen molar-refractivity contribution in [3.05, 3.63) is 82.0 Å². The third-order valence-corrected chi connectivity index (χ3v) is 6.46. The molecule has 3 aromatic rings. The first-order valence-corrected chi connectivity index (χ1v) is 11.4. The summed E-state index contributed by atoms with van der Waals surface area (Å²) < 4.78 is 10.7. The lowest BCUT2D eigenvalue weighted by Crippen LogP contribution is -2.35. The Hall–Kier alpha value is -4.16. The molecule has 1 aromatic carbocycles. The zero-order chi connectivity index (χ0) is 23.9. The van der Waals surface area contributed by atoms with Gasteiger partial charge in [0, 0.05) is 35.5 Å². The molecule has 0 unspecified atom stereocenters. The number of fused-ring (bicyclic) bond motifs is 1. The maximum absolute atomic E-state index is 12.5. The summed E-state index contributed by atoms with van der Waals surface area (Å²) in [7, 11) is 1.57. The van der Waals surface area contributed by atoms with E-state index in [9.17, 15) is 14.9 Å². The minimum absolute atomic E-state index is 0.165. The Labute approximate surface area is 201 Å². The number of hydrogen-bond donors (Lipinski definition) is 1. The topological polar surface area (TPSA) is 105 Å². The zero-order valence-electron chi connectivity index (χ0n) is 18.5. The minimum atomic E-state index is -0.417. The molecule has 172 valence electrons. The number of pyridine rings is 1. The molecule has 0 fully saturated rings. The molecule has 0 bridgehead atoms. The molecular weight excluding hydrogens is 452 g/mol. The van der Waals surface area contributed by atoms with Gasteiger partial charge in [-0.1, -0.05) is 18.2 Å². The molecule has 0 spiro atoms. The van der Waals surface area contributed by atoms with Gasteiger partial charge in [0.1, 0.15) is 23.4 Å². The Kier molecular flexibility index (Phi) is 7.20. The normalized spacial score (nSPS) is 12.6. The molecule has 9 heteroatoms. The third kappa shape index (κ3) is 5.24. The lowest BCUT2D eigenvalue weighted by molar-refractivity contribution is -0.111. The molecule has 34 heavy (non-hydrogen) atoms. The first kappa shape index (κ1) is 23.0. The number of nitriles is 1. The molecule has 4 rings (SSSR count). The van der Waals surface area contributed by atoms with E-state index in [1.165, 1.54) is 17.4 Å². The molecule has 1 aliphatic heterocycles. The SMILES string of the molecule is COc1ccccc1C=CC(=O)Nc1sc2c(c1C#N)CCN(C(=O)OCc1ccncc1)C2. The number of amides is 2. The summed E-state index contributed by atoms with van der Waals surface area (Å²) in [5, 5.41) is 13.0. The van der Waals surface area contributed by atoms with Crippen LogP contribution in [0.3, 0.4) is 0 Å². The number of hydrogen-bond acceptors (Lipinski definition) is 7. The van der Waals surface area contributed by atoms with Crippen molar-refractivity contribution in [2.45, 2.75) is 19.6 Å². The minimum Gasteiger partial charge on any atom is -0.496 e. The number of nitrogens with zero attached hydrogens (tertiary/aromatic N) is 3. The summed E-state index contributed by atoms with van der Waals surface area (Å²) >= 11 is 1.31. The molecule has 1 aliphatic rings. The summed E-state index contributed by atoms with van der Waals surface area (Å²) in [4.78, 5) is 31.5. The van der Waals surface area contributed by atoms with Crippen LogP contribution in [0, 0.1) is 11.3 Å². The van der Waals surface area contributed by atoms with Crippen LogP contribution in [-0.4, -0.2) is 35.5 Å². The van der Waals surface area contributed by atoms with Crippen molar-refractivity contribution in [2.24, 2.45) is 0 Å². The second-order valence-electron chi connectivity index (χ2n) is 7.47. The maximum Gasteiger partial charge on any atom is 0.410 e. The van der Waals surface area contributed by atoms with Crippen LogP contribution in [0.2, 0.25) is 0 Å². The van der Waals surface area contributed by atoms with Crippen LogP contribution in [0.4, 0.5) is 9.80 Å². The zero-order valence-corrected chi connectivity index (χ0v) is 19.3. The average Bonchev–Trinajstić information content (AvgIpc) is 3.22. The van der Waals surface area contributed by atoms with E-state index in [1.54, 1.807) is 42.6 Å². The molecule has 0 saturated heterocycles. The second-order valence-corrected chi connectivity index (χ2v) is 8.57. The molecule has 0 radical (unpaired) electrons. The van der Waals surface area contributed by atoms with Gasteiger partial charge in [-0.05, 0) is 41.8 Å². The standard InChI is InChI=1S/C25H22N4O4S/c1-32-21-5-3-2-4-18(21)6-7-23(30)28-24-20(14-26)19-10-13-29(15-22(19)34-24)25(31)33-16-17-8-11-27-12-9-17/h2-9,11-12H,10,13,15-16H2,1H3,(H,28,30). The Morgan fingerprint density at radius 2 is 2.06 bits per heavy atom. The number of benzene rings is 1. The molecule has 0 atom stereocenters. The van der Waals surface area contributed by atoms with Crippen LogP contribution in [0.1, 0.15) is 27.1 Å². The van der Waals surface area contributed by atoms with Gasteiger partial charge in [-0.2, -0.15) is 5.26 Å². The number of rotatable bonds is 6. The highest BCUT2D eigenvalue weighted by Gasteiger charge is 2.28. The van der Waals surface area contributed by atoms with Crippen molar-refractivity contribution in [3.63, 3.8) is 0 Å². The van der Waals surface area contributed by atoms with Crippen LogP contribution in [-0.2, 0) is 29.1 Å². The van der Waals surface area contributed by atoms with E-state index < -0.39 is 6.09 Å². The fourth-order valence-corrected chi connectivity index (χ4v) is 4.82. The molecular formula is C25H22N4O4S. The summed E-state index contributed by atoms with van der Waals surface area (Å²) in [6.45, 7) is 0.934.